The minimum absolute atomic E-state index is 0.0363. The van der Waals surface area contributed by atoms with Crippen molar-refractivity contribution in [2.75, 3.05) is 14.2 Å². The van der Waals surface area contributed by atoms with Crippen LogP contribution < -0.4 is 9.47 Å². The normalized spacial score (nSPS) is 25.0. The molecule has 1 fully saturated rings. The molecule has 1 unspecified atom stereocenters. The van der Waals surface area contributed by atoms with Gasteiger partial charge >= 0.3 is 0 Å². The van der Waals surface area contributed by atoms with Gasteiger partial charge in [0.2, 0.25) is 0 Å². The molecule has 0 aromatic heterocycles. The zero-order chi connectivity index (χ0) is 16.8. The molecule has 0 radical (unpaired) electrons. The van der Waals surface area contributed by atoms with Crippen LogP contribution in [0.2, 0.25) is 0 Å². The lowest BCUT2D eigenvalue weighted by molar-refractivity contribution is -0.133. The molecule has 122 valence electrons. The predicted octanol–water partition coefficient (Wildman–Crippen LogP) is 3.59. The molecule has 0 spiro atoms. The van der Waals surface area contributed by atoms with Crippen molar-refractivity contribution in [3.8, 4) is 17.2 Å². The van der Waals surface area contributed by atoms with E-state index in [4.69, 9.17) is 9.47 Å². The van der Waals surface area contributed by atoms with Crippen molar-refractivity contribution in [1.82, 2.24) is 0 Å². The number of ketones is 1. The van der Waals surface area contributed by atoms with Crippen molar-refractivity contribution in [3.63, 3.8) is 0 Å². The molecule has 4 heteroatoms. The van der Waals surface area contributed by atoms with E-state index in [2.05, 4.69) is 13.8 Å². The fraction of sp³-hybridized carbons (Fsp3) is 0.421. The van der Waals surface area contributed by atoms with E-state index in [0.29, 0.717) is 17.4 Å². The standard InChI is InChI=1S/C19H22O4/c1-19(2)14-10-15(19)16(21)7-11(14)5-6-13-17(22-3)8-12(20)9-18(13)23-4/h5-9,14-15,20H,10H2,1-4H3/t14?,15-/m1/s1. The van der Waals surface area contributed by atoms with E-state index in [1.54, 1.807) is 32.4 Å². The summed E-state index contributed by atoms with van der Waals surface area (Å²) >= 11 is 0. The molecule has 23 heavy (non-hydrogen) atoms. The summed E-state index contributed by atoms with van der Waals surface area (Å²) in [6.07, 6.45) is 6.56. The number of benzene rings is 1. The highest BCUT2D eigenvalue weighted by atomic mass is 16.5. The van der Waals surface area contributed by atoms with Crippen LogP contribution in [0, 0.1) is 17.3 Å². The summed E-state index contributed by atoms with van der Waals surface area (Å²) in [6, 6.07) is 3.10. The SMILES string of the molecule is COc1cc(O)cc(OC)c1C=CC1=CC(=O)[C@H]2CC1C2(C)C. The topological polar surface area (TPSA) is 55.8 Å². The molecule has 3 aliphatic carbocycles. The van der Waals surface area contributed by atoms with E-state index in [9.17, 15) is 9.90 Å². The number of allylic oxidation sites excluding steroid dienone is 3. The van der Waals surface area contributed by atoms with E-state index in [-0.39, 0.29) is 22.9 Å². The second kappa shape index (κ2) is 5.44. The first-order chi connectivity index (χ1) is 10.9. The van der Waals surface area contributed by atoms with E-state index in [1.165, 1.54) is 0 Å². The summed E-state index contributed by atoms with van der Waals surface area (Å²) in [6.45, 7) is 4.32. The highest BCUT2D eigenvalue weighted by Gasteiger charge is 2.54. The zero-order valence-electron chi connectivity index (χ0n) is 13.9. The second-order valence-electron chi connectivity index (χ2n) is 6.81. The Morgan fingerprint density at radius 3 is 2.22 bits per heavy atom. The number of aromatic hydroxyl groups is 1. The minimum Gasteiger partial charge on any atom is -0.508 e. The Hall–Kier alpha value is -2.23. The third-order valence-corrected chi connectivity index (χ3v) is 5.29. The van der Waals surface area contributed by atoms with Crippen molar-refractivity contribution < 1.29 is 19.4 Å². The molecule has 2 bridgehead atoms. The molecule has 0 amide bonds. The maximum absolute atomic E-state index is 12.2. The molecule has 1 saturated carbocycles. The van der Waals surface area contributed by atoms with Gasteiger partial charge in [0.1, 0.15) is 17.2 Å². The van der Waals surface area contributed by atoms with Gasteiger partial charge < -0.3 is 14.6 Å². The predicted molar refractivity (Wildman–Crippen MR) is 88.7 cm³/mol. The van der Waals surface area contributed by atoms with Crippen molar-refractivity contribution in [3.05, 3.63) is 35.4 Å². The molecule has 1 N–H and O–H groups in total. The quantitative estimate of drug-likeness (QED) is 0.922. The molecule has 1 aromatic carbocycles. The minimum atomic E-state index is 0.0363. The van der Waals surface area contributed by atoms with E-state index < -0.39 is 0 Å². The molecule has 4 rings (SSSR count). The van der Waals surface area contributed by atoms with E-state index in [0.717, 1.165) is 17.6 Å². The third-order valence-electron chi connectivity index (χ3n) is 5.29. The molecule has 2 atom stereocenters. The van der Waals surface area contributed by atoms with E-state index >= 15 is 0 Å². The maximum atomic E-state index is 12.2. The van der Waals surface area contributed by atoms with Gasteiger partial charge in [0.25, 0.3) is 0 Å². The number of methoxy groups -OCH3 is 2. The molecule has 0 heterocycles. The number of phenolic OH excluding ortho intramolecular Hbond substituents is 1. The Bertz CT molecular complexity index is 687. The second-order valence-corrected chi connectivity index (χ2v) is 6.81. The molecule has 0 aliphatic heterocycles. The Morgan fingerprint density at radius 2 is 1.74 bits per heavy atom. The number of phenols is 1. The highest BCUT2D eigenvalue weighted by Crippen LogP contribution is 2.58. The van der Waals surface area contributed by atoms with Crippen LogP contribution in [0.15, 0.2) is 29.9 Å². The zero-order valence-corrected chi connectivity index (χ0v) is 13.9. The molecular formula is C19H22O4. The smallest absolute Gasteiger partial charge is 0.159 e. The van der Waals surface area contributed by atoms with Crippen LogP contribution in [0.3, 0.4) is 0 Å². The number of fused-ring (bicyclic) bond motifs is 1. The van der Waals surface area contributed by atoms with Gasteiger partial charge in [-0.1, -0.05) is 19.9 Å². The molecule has 1 aromatic rings. The number of ether oxygens (including phenoxy) is 2. The fourth-order valence-corrected chi connectivity index (χ4v) is 3.77. The summed E-state index contributed by atoms with van der Waals surface area (Å²) < 4.78 is 10.7. The lowest BCUT2D eigenvalue weighted by atomic mass is 9.48. The first kappa shape index (κ1) is 15.7. The average Bonchev–Trinajstić information content (AvgIpc) is 2.51. The number of carbonyl (C=O) groups excluding carboxylic acids is 1. The Labute approximate surface area is 136 Å². The van der Waals surface area contributed by atoms with Gasteiger partial charge in [0.15, 0.2) is 5.78 Å². The van der Waals surface area contributed by atoms with Crippen LogP contribution in [0.4, 0.5) is 0 Å². The summed E-state index contributed by atoms with van der Waals surface area (Å²) in [5.74, 6) is 1.96. The largest absolute Gasteiger partial charge is 0.508 e. The molecule has 3 aliphatic rings. The summed E-state index contributed by atoms with van der Waals surface area (Å²) in [4.78, 5) is 12.2. The van der Waals surface area contributed by atoms with Gasteiger partial charge in [-0.05, 0) is 35.5 Å². The summed E-state index contributed by atoms with van der Waals surface area (Å²) in [5.41, 5.74) is 1.84. The summed E-state index contributed by atoms with van der Waals surface area (Å²) in [5, 5.41) is 9.71. The lowest BCUT2D eigenvalue weighted by Crippen LogP contribution is -2.52. The highest BCUT2D eigenvalue weighted by molar-refractivity contribution is 5.96. The number of hydrogen-bond donors (Lipinski definition) is 1. The first-order valence-electron chi connectivity index (χ1n) is 7.77. The van der Waals surface area contributed by atoms with Gasteiger partial charge in [-0.2, -0.15) is 0 Å². The van der Waals surface area contributed by atoms with Crippen LogP contribution in [-0.4, -0.2) is 25.1 Å². The third kappa shape index (κ3) is 2.42. The van der Waals surface area contributed by atoms with Crippen molar-refractivity contribution in [2.24, 2.45) is 17.3 Å². The van der Waals surface area contributed by atoms with Crippen LogP contribution in [-0.2, 0) is 4.79 Å². The van der Waals surface area contributed by atoms with Crippen LogP contribution in [0.5, 0.6) is 17.2 Å². The van der Waals surface area contributed by atoms with Crippen LogP contribution >= 0.6 is 0 Å². The monoisotopic (exact) mass is 314 g/mol. The number of carbonyl (C=O) groups is 1. The Balaban J connectivity index is 1.97. The first-order valence-corrected chi connectivity index (χ1v) is 7.77. The number of hydrogen-bond acceptors (Lipinski definition) is 4. The van der Waals surface area contributed by atoms with Gasteiger partial charge in [0, 0.05) is 18.1 Å². The average molecular weight is 314 g/mol. The van der Waals surface area contributed by atoms with Gasteiger partial charge in [-0.15, -0.1) is 0 Å². The van der Waals surface area contributed by atoms with Gasteiger partial charge in [-0.25, -0.2) is 0 Å². The van der Waals surface area contributed by atoms with E-state index in [1.807, 2.05) is 12.2 Å². The van der Waals surface area contributed by atoms with Crippen molar-refractivity contribution in [2.45, 2.75) is 20.3 Å². The van der Waals surface area contributed by atoms with Crippen molar-refractivity contribution in [1.29, 1.82) is 0 Å². The Kier molecular flexibility index (Phi) is 3.71. The Morgan fingerprint density at radius 1 is 1.13 bits per heavy atom. The maximum Gasteiger partial charge on any atom is 0.159 e. The fourth-order valence-electron chi connectivity index (χ4n) is 3.77. The van der Waals surface area contributed by atoms with Crippen LogP contribution in [0.1, 0.15) is 25.8 Å². The molecule has 4 nitrogen and oxygen atoms in total. The molecular weight excluding hydrogens is 292 g/mol. The molecule has 0 saturated heterocycles. The van der Waals surface area contributed by atoms with Gasteiger partial charge in [0.05, 0.1) is 19.8 Å². The van der Waals surface area contributed by atoms with Gasteiger partial charge in [-0.3, -0.25) is 4.79 Å². The summed E-state index contributed by atoms with van der Waals surface area (Å²) in [7, 11) is 3.10. The van der Waals surface area contributed by atoms with Crippen LogP contribution in [0.25, 0.3) is 6.08 Å². The van der Waals surface area contributed by atoms with Crippen molar-refractivity contribution >= 4 is 11.9 Å². The lowest BCUT2D eigenvalue weighted by Gasteiger charge is -2.54. The number of rotatable bonds is 4.